The average molecular weight is 400 g/mol. The van der Waals surface area contributed by atoms with Gasteiger partial charge < -0.3 is 14.8 Å². The molecule has 2 aromatic carbocycles. The second-order valence-corrected chi connectivity index (χ2v) is 7.19. The molecule has 7 heteroatoms. The van der Waals surface area contributed by atoms with Crippen molar-refractivity contribution in [3.05, 3.63) is 77.6 Å². The van der Waals surface area contributed by atoms with Gasteiger partial charge in [-0.3, -0.25) is 14.9 Å². The number of ether oxygens (including phenoxy) is 2. The fourth-order valence-corrected chi connectivity index (χ4v) is 3.90. The summed E-state index contributed by atoms with van der Waals surface area (Å²) in [5.74, 6) is 1.71. The Morgan fingerprint density at radius 3 is 2.93 bits per heavy atom. The monoisotopic (exact) mass is 400 g/mol. The molecule has 150 valence electrons. The summed E-state index contributed by atoms with van der Waals surface area (Å²) < 4.78 is 11.7. The average Bonchev–Trinajstić information content (AvgIpc) is 3.25. The molecule has 3 heterocycles. The van der Waals surface area contributed by atoms with E-state index in [-0.39, 0.29) is 11.8 Å². The summed E-state index contributed by atoms with van der Waals surface area (Å²) in [4.78, 5) is 16.5. The molecule has 0 aliphatic carbocycles. The Hall–Kier alpha value is -3.87. The highest BCUT2D eigenvalue weighted by atomic mass is 16.5. The Kier molecular flexibility index (Phi) is 4.55. The summed E-state index contributed by atoms with van der Waals surface area (Å²) in [6, 6.07) is 15.8. The largest absolute Gasteiger partial charge is 0.493 e. The Morgan fingerprint density at radius 2 is 2.03 bits per heavy atom. The van der Waals surface area contributed by atoms with Crippen LogP contribution >= 0.6 is 0 Å². The molecule has 0 spiro atoms. The second-order valence-electron chi connectivity index (χ2n) is 7.19. The first-order chi connectivity index (χ1) is 14.7. The zero-order chi connectivity index (χ0) is 20.5. The van der Waals surface area contributed by atoms with E-state index in [2.05, 4.69) is 20.5 Å². The van der Waals surface area contributed by atoms with Crippen LogP contribution in [-0.2, 0) is 11.4 Å². The van der Waals surface area contributed by atoms with E-state index in [1.165, 1.54) is 0 Å². The molecular weight excluding hydrogens is 380 g/mol. The van der Waals surface area contributed by atoms with E-state index in [4.69, 9.17) is 9.47 Å². The van der Waals surface area contributed by atoms with Crippen LogP contribution in [0.4, 0.5) is 5.82 Å². The van der Waals surface area contributed by atoms with E-state index in [0.29, 0.717) is 30.3 Å². The summed E-state index contributed by atoms with van der Waals surface area (Å²) in [7, 11) is 1.61. The maximum atomic E-state index is 12.1. The number of pyridine rings is 1. The third-order valence-corrected chi connectivity index (χ3v) is 5.38. The summed E-state index contributed by atoms with van der Waals surface area (Å²) in [6.07, 6.45) is 3.97. The van der Waals surface area contributed by atoms with Crippen LogP contribution in [0.2, 0.25) is 0 Å². The molecule has 0 fully saturated rings. The lowest BCUT2D eigenvalue weighted by Gasteiger charge is -2.23. The second kappa shape index (κ2) is 7.51. The number of fused-ring (bicyclic) bond motifs is 2. The highest BCUT2D eigenvalue weighted by molar-refractivity contribution is 5.94. The molecule has 7 nitrogen and oxygen atoms in total. The first kappa shape index (κ1) is 18.2. The fraction of sp³-hybridized carbons (Fsp3) is 0.174. The number of rotatable bonds is 5. The van der Waals surface area contributed by atoms with Crippen LogP contribution in [0.5, 0.6) is 11.5 Å². The maximum Gasteiger partial charge on any atom is 0.226 e. The lowest BCUT2D eigenvalue weighted by atomic mass is 9.87. The number of carbonyl (C=O) groups excluding carboxylic acids is 1. The maximum absolute atomic E-state index is 12.1. The minimum atomic E-state index is -0.0854. The molecule has 1 unspecified atom stereocenters. The summed E-state index contributed by atoms with van der Waals surface area (Å²) in [6.45, 7) is 0.377. The third-order valence-electron chi connectivity index (χ3n) is 5.38. The van der Waals surface area contributed by atoms with Gasteiger partial charge in [-0.05, 0) is 23.8 Å². The lowest BCUT2D eigenvalue weighted by Crippen LogP contribution is -2.23. The van der Waals surface area contributed by atoms with Crippen molar-refractivity contribution in [1.82, 2.24) is 15.2 Å². The van der Waals surface area contributed by atoms with Gasteiger partial charge in [-0.15, -0.1) is 0 Å². The molecule has 30 heavy (non-hydrogen) atoms. The number of hydrogen-bond acceptors (Lipinski definition) is 5. The zero-order valence-corrected chi connectivity index (χ0v) is 16.4. The van der Waals surface area contributed by atoms with E-state index in [0.717, 1.165) is 27.6 Å². The molecule has 0 radical (unpaired) electrons. The van der Waals surface area contributed by atoms with Crippen LogP contribution in [0.3, 0.4) is 0 Å². The molecule has 4 aromatic rings. The molecule has 1 aliphatic rings. The van der Waals surface area contributed by atoms with Crippen molar-refractivity contribution in [1.29, 1.82) is 0 Å². The topological polar surface area (TPSA) is 89.1 Å². The van der Waals surface area contributed by atoms with E-state index in [1.54, 1.807) is 13.3 Å². The third kappa shape index (κ3) is 3.24. The van der Waals surface area contributed by atoms with Crippen LogP contribution < -0.4 is 14.8 Å². The molecule has 0 bridgehead atoms. The number of H-pyrrole nitrogens is 1. The molecule has 2 N–H and O–H groups in total. The van der Waals surface area contributed by atoms with Crippen LogP contribution in [-0.4, -0.2) is 28.2 Å². The van der Waals surface area contributed by atoms with Gasteiger partial charge in [0.25, 0.3) is 0 Å². The molecule has 0 saturated carbocycles. The van der Waals surface area contributed by atoms with Gasteiger partial charge >= 0.3 is 0 Å². The highest BCUT2D eigenvalue weighted by Gasteiger charge is 2.29. The van der Waals surface area contributed by atoms with Crippen LogP contribution in [0.25, 0.3) is 10.9 Å². The van der Waals surface area contributed by atoms with Crippen LogP contribution in [0.1, 0.15) is 29.0 Å². The van der Waals surface area contributed by atoms with Crippen molar-refractivity contribution in [2.24, 2.45) is 0 Å². The minimum Gasteiger partial charge on any atom is -0.493 e. The van der Waals surface area contributed by atoms with E-state index >= 15 is 0 Å². The first-order valence-corrected chi connectivity index (χ1v) is 9.70. The van der Waals surface area contributed by atoms with Gasteiger partial charge in [0.05, 0.1) is 12.6 Å². The predicted octanol–water partition coefficient (Wildman–Crippen LogP) is 4.02. The number of aromatic amines is 1. The number of nitrogens with one attached hydrogen (secondary N) is 2. The smallest absolute Gasteiger partial charge is 0.226 e. The zero-order valence-electron chi connectivity index (χ0n) is 16.4. The fourth-order valence-electron chi connectivity index (χ4n) is 3.90. The lowest BCUT2D eigenvalue weighted by molar-refractivity contribution is -0.116. The normalized spacial score (nSPS) is 15.5. The SMILES string of the molecule is COc1cc(C2CC(=O)Nc3n[nH]cc32)ccc1OCc1cccc2cccnc12. The van der Waals surface area contributed by atoms with Crippen LogP contribution in [0, 0.1) is 0 Å². The number of benzene rings is 2. The van der Waals surface area contributed by atoms with Gasteiger partial charge in [0, 0.05) is 41.2 Å². The van der Waals surface area contributed by atoms with E-state index in [1.807, 2.05) is 54.7 Å². The molecule has 1 aliphatic heterocycles. The number of anilines is 1. The molecule has 1 amide bonds. The standard InChI is InChI=1S/C23H20N4O3/c1-29-20-10-15(17-11-21(28)26-23-18(17)12-25-27-23)7-8-19(20)30-13-16-5-2-4-14-6-3-9-24-22(14)16/h2-10,12,17H,11,13H2,1H3,(H2,25,26,27,28). The van der Waals surface area contributed by atoms with Crippen molar-refractivity contribution in [2.75, 3.05) is 12.4 Å². The predicted molar refractivity (Wildman–Crippen MR) is 113 cm³/mol. The van der Waals surface area contributed by atoms with Crippen molar-refractivity contribution in [3.8, 4) is 11.5 Å². The van der Waals surface area contributed by atoms with Crippen molar-refractivity contribution >= 4 is 22.6 Å². The Bertz CT molecular complexity index is 1230. The molecule has 1 atom stereocenters. The Balaban J connectivity index is 1.42. The summed E-state index contributed by atoms with van der Waals surface area (Å²) >= 11 is 0. The van der Waals surface area contributed by atoms with Gasteiger partial charge in [-0.25, -0.2) is 0 Å². The van der Waals surface area contributed by atoms with Gasteiger partial charge in [-0.2, -0.15) is 5.10 Å². The molecule has 2 aromatic heterocycles. The van der Waals surface area contributed by atoms with Crippen molar-refractivity contribution in [3.63, 3.8) is 0 Å². The number of aromatic nitrogens is 3. The van der Waals surface area contributed by atoms with Crippen LogP contribution in [0.15, 0.2) is 60.9 Å². The number of nitrogens with zero attached hydrogens (tertiary/aromatic N) is 2. The molecule has 5 rings (SSSR count). The van der Waals surface area contributed by atoms with Gasteiger partial charge in [-0.1, -0.05) is 30.3 Å². The summed E-state index contributed by atoms with van der Waals surface area (Å²) in [5.41, 5.74) is 3.87. The first-order valence-electron chi connectivity index (χ1n) is 9.70. The summed E-state index contributed by atoms with van der Waals surface area (Å²) in [5, 5.41) is 10.8. The van der Waals surface area contributed by atoms with Gasteiger partial charge in [0.2, 0.25) is 5.91 Å². The number of para-hydroxylation sites is 1. The molecule has 0 saturated heterocycles. The van der Waals surface area contributed by atoms with Gasteiger partial charge in [0.15, 0.2) is 17.3 Å². The van der Waals surface area contributed by atoms with Gasteiger partial charge in [0.1, 0.15) is 6.61 Å². The quantitative estimate of drug-likeness (QED) is 0.528. The van der Waals surface area contributed by atoms with E-state index in [9.17, 15) is 4.79 Å². The van der Waals surface area contributed by atoms with Crippen molar-refractivity contribution < 1.29 is 14.3 Å². The Labute approximate surface area is 173 Å². The number of hydrogen-bond donors (Lipinski definition) is 2. The Morgan fingerprint density at radius 1 is 1.13 bits per heavy atom. The molecular formula is C23H20N4O3. The number of methoxy groups -OCH3 is 1. The van der Waals surface area contributed by atoms with Crippen molar-refractivity contribution in [2.45, 2.75) is 18.9 Å². The minimum absolute atomic E-state index is 0.0534. The number of carbonyl (C=O) groups is 1. The van der Waals surface area contributed by atoms with E-state index < -0.39 is 0 Å². The number of amides is 1. The highest BCUT2D eigenvalue weighted by Crippen LogP contribution is 2.39.